The van der Waals surface area contributed by atoms with Crippen LogP contribution in [0.1, 0.15) is 12.8 Å². The standard InChI is InChI=1S/C10H13NS/c12-10-7-4-8-11(10)9-5-2-1-3-6-9/h1-3,5-6,10,12H,4,7-8H2. The van der Waals surface area contributed by atoms with Crippen LogP contribution in [0.4, 0.5) is 5.69 Å². The lowest BCUT2D eigenvalue weighted by atomic mass is 10.3. The van der Waals surface area contributed by atoms with Gasteiger partial charge in [0, 0.05) is 12.2 Å². The van der Waals surface area contributed by atoms with Gasteiger partial charge in [-0.2, -0.15) is 12.6 Å². The maximum absolute atomic E-state index is 4.52. The highest BCUT2D eigenvalue weighted by molar-refractivity contribution is 7.81. The van der Waals surface area contributed by atoms with Crippen molar-refractivity contribution >= 4 is 18.3 Å². The number of anilines is 1. The first-order chi connectivity index (χ1) is 5.88. The number of hydrogen-bond donors (Lipinski definition) is 1. The van der Waals surface area contributed by atoms with Crippen LogP contribution in [0.15, 0.2) is 30.3 Å². The van der Waals surface area contributed by atoms with E-state index in [2.05, 4.69) is 41.8 Å². The molecule has 0 radical (unpaired) electrons. The van der Waals surface area contributed by atoms with E-state index in [-0.39, 0.29) is 0 Å². The van der Waals surface area contributed by atoms with E-state index < -0.39 is 0 Å². The van der Waals surface area contributed by atoms with Crippen LogP contribution in [-0.4, -0.2) is 11.9 Å². The van der Waals surface area contributed by atoms with Gasteiger partial charge in [0.05, 0.1) is 5.37 Å². The first-order valence-corrected chi connectivity index (χ1v) is 4.89. The van der Waals surface area contributed by atoms with E-state index in [9.17, 15) is 0 Å². The quantitative estimate of drug-likeness (QED) is 0.648. The molecule has 1 atom stereocenters. The van der Waals surface area contributed by atoms with Gasteiger partial charge in [0.2, 0.25) is 0 Å². The number of benzene rings is 1. The van der Waals surface area contributed by atoms with E-state index in [1.165, 1.54) is 18.5 Å². The highest BCUT2D eigenvalue weighted by Gasteiger charge is 2.20. The molecule has 0 aromatic heterocycles. The third-order valence-corrected chi connectivity index (χ3v) is 2.85. The topological polar surface area (TPSA) is 3.24 Å². The summed E-state index contributed by atoms with van der Waals surface area (Å²) in [5.74, 6) is 0. The lowest BCUT2D eigenvalue weighted by Crippen LogP contribution is -2.24. The van der Waals surface area contributed by atoms with Crippen LogP contribution >= 0.6 is 12.6 Å². The molecule has 1 heterocycles. The van der Waals surface area contributed by atoms with Gasteiger partial charge in [-0.15, -0.1) is 0 Å². The molecule has 2 rings (SSSR count). The van der Waals surface area contributed by atoms with Gasteiger partial charge in [-0.3, -0.25) is 0 Å². The average Bonchev–Trinajstić information content (AvgIpc) is 2.53. The predicted molar refractivity (Wildman–Crippen MR) is 55.8 cm³/mol. The van der Waals surface area contributed by atoms with Gasteiger partial charge in [-0.1, -0.05) is 18.2 Å². The van der Waals surface area contributed by atoms with E-state index in [0.717, 1.165) is 6.54 Å². The Morgan fingerprint density at radius 1 is 1.25 bits per heavy atom. The molecule has 1 aliphatic rings. The number of hydrogen-bond acceptors (Lipinski definition) is 2. The van der Waals surface area contributed by atoms with Gasteiger partial charge in [-0.25, -0.2) is 0 Å². The largest absolute Gasteiger partial charge is 0.360 e. The van der Waals surface area contributed by atoms with E-state index in [4.69, 9.17) is 0 Å². The van der Waals surface area contributed by atoms with Crippen LogP contribution in [-0.2, 0) is 0 Å². The Labute approximate surface area is 78.8 Å². The second kappa shape index (κ2) is 3.40. The Morgan fingerprint density at radius 3 is 2.58 bits per heavy atom. The normalized spacial score (nSPS) is 23.1. The van der Waals surface area contributed by atoms with Crippen LogP contribution in [0.25, 0.3) is 0 Å². The lowest BCUT2D eigenvalue weighted by molar-refractivity contribution is 0.902. The number of para-hydroxylation sites is 1. The Hall–Kier alpha value is -0.630. The number of thiol groups is 1. The summed E-state index contributed by atoms with van der Waals surface area (Å²) in [6.45, 7) is 1.15. The van der Waals surface area contributed by atoms with E-state index in [1.807, 2.05) is 6.07 Å². The number of rotatable bonds is 1. The zero-order chi connectivity index (χ0) is 8.39. The van der Waals surface area contributed by atoms with Crippen LogP contribution in [0.5, 0.6) is 0 Å². The van der Waals surface area contributed by atoms with Crippen molar-refractivity contribution < 1.29 is 0 Å². The summed E-state index contributed by atoms with van der Waals surface area (Å²) in [5, 5.41) is 0.424. The SMILES string of the molecule is SC1CCCN1c1ccccc1. The predicted octanol–water partition coefficient (Wildman–Crippen LogP) is 2.54. The fraction of sp³-hybridized carbons (Fsp3) is 0.400. The summed E-state index contributed by atoms with van der Waals surface area (Å²) in [7, 11) is 0. The molecule has 1 saturated heterocycles. The molecule has 1 unspecified atom stereocenters. The van der Waals surface area contributed by atoms with Gasteiger partial charge in [0.15, 0.2) is 0 Å². The molecule has 2 heteroatoms. The van der Waals surface area contributed by atoms with Crippen molar-refractivity contribution in [1.29, 1.82) is 0 Å². The second-order valence-electron chi connectivity index (χ2n) is 3.15. The molecule has 0 spiro atoms. The van der Waals surface area contributed by atoms with Gasteiger partial charge in [-0.05, 0) is 25.0 Å². The number of nitrogens with zero attached hydrogens (tertiary/aromatic N) is 1. The van der Waals surface area contributed by atoms with Crippen molar-refractivity contribution in [2.75, 3.05) is 11.4 Å². The molecule has 0 N–H and O–H groups in total. The van der Waals surface area contributed by atoms with Crippen molar-refractivity contribution in [3.05, 3.63) is 30.3 Å². The van der Waals surface area contributed by atoms with Crippen LogP contribution in [0.2, 0.25) is 0 Å². The van der Waals surface area contributed by atoms with Crippen molar-refractivity contribution in [3.8, 4) is 0 Å². The van der Waals surface area contributed by atoms with Gasteiger partial charge in [0.25, 0.3) is 0 Å². The van der Waals surface area contributed by atoms with Crippen LogP contribution < -0.4 is 4.90 Å². The zero-order valence-electron chi connectivity index (χ0n) is 6.98. The van der Waals surface area contributed by atoms with Crippen LogP contribution in [0, 0.1) is 0 Å². The summed E-state index contributed by atoms with van der Waals surface area (Å²) in [5.41, 5.74) is 1.30. The maximum atomic E-state index is 4.52. The summed E-state index contributed by atoms with van der Waals surface area (Å²) in [4.78, 5) is 2.35. The van der Waals surface area contributed by atoms with E-state index in [1.54, 1.807) is 0 Å². The minimum absolute atomic E-state index is 0.424. The van der Waals surface area contributed by atoms with Crippen LogP contribution in [0.3, 0.4) is 0 Å². The van der Waals surface area contributed by atoms with Crippen molar-refractivity contribution in [3.63, 3.8) is 0 Å². The minimum Gasteiger partial charge on any atom is -0.360 e. The van der Waals surface area contributed by atoms with Gasteiger partial charge in [0.1, 0.15) is 0 Å². The van der Waals surface area contributed by atoms with E-state index in [0.29, 0.717) is 5.37 Å². The fourth-order valence-corrected chi connectivity index (χ4v) is 2.10. The Bertz CT molecular complexity index is 247. The summed E-state index contributed by atoms with van der Waals surface area (Å²) < 4.78 is 0. The Kier molecular flexibility index (Phi) is 2.26. The Morgan fingerprint density at radius 2 is 2.00 bits per heavy atom. The zero-order valence-corrected chi connectivity index (χ0v) is 7.87. The van der Waals surface area contributed by atoms with Crippen molar-refractivity contribution in [2.24, 2.45) is 0 Å². The Balaban J connectivity index is 2.19. The molecule has 1 aromatic carbocycles. The molecule has 0 aliphatic carbocycles. The smallest absolute Gasteiger partial charge is 0.0722 e. The average molecular weight is 179 g/mol. The molecular formula is C10H13NS. The highest BCUT2D eigenvalue weighted by Crippen LogP contribution is 2.26. The fourth-order valence-electron chi connectivity index (χ4n) is 1.67. The minimum atomic E-state index is 0.424. The molecule has 1 aliphatic heterocycles. The molecule has 64 valence electrons. The lowest BCUT2D eigenvalue weighted by Gasteiger charge is -2.22. The molecule has 0 bridgehead atoms. The second-order valence-corrected chi connectivity index (χ2v) is 3.75. The van der Waals surface area contributed by atoms with Crippen molar-refractivity contribution in [2.45, 2.75) is 18.2 Å². The molecule has 12 heavy (non-hydrogen) atoms. The maximum Gasteiger partial charge on any atom is 0.0722 e. The summed E-state index contributed by atoms with van der Waals surface area (Å²) in [6, 6.07) is 10.5. The molecule has 1 nitrogen and oxygen atoms in total. The van der Waals surface area contributed by atoms with Gasteiger partial charge >= 0.3 is 0 Å². The monoisotopic (exact) mass is 179 g/mol. The first-order valence-electron chi connectivity index (χ1n) is 4.38. The third-order valence-electron chi connectivity index (χ3n) is 2.31. The van der Waals surface area contributed by atoms with E-state index >= 15 is 0 Å². The molecule has 1 fully saturated rings. The molecule has 0 saturated carbocycles. The first kappa shape index (κ1) is 7.99. The molecular weight excluding hydrogens is 166 g/mol. The van der Waals surface area contributed by atoms with Gasteiger partial charge < -0.3 is 4.90 Å². The van der Waals surface area contributed by atoms with Crippen molar-refractivity contribution in [1.82, 2.24) is 0 Å². The summed E-state index contributed by atoms with van der Waals surface area (Å²) in [6.07, 6.45) is 2.47. The third kappa shape index (κ3) is 1.44. The summed E-state index contributed by atoms with van der Waals surface area (Å²) >= 11 is 4.52. The highest BCUT2D eigenvalue weighted by atomic mass is 32.1. The molecule has 0 amide bonds. The molecule has 1 aromatic rings.